The van der Waals surface area contributed by atoms with Crippen LogP contribution in [0.25, 0.3) is 11.1 Å². The molecule has 31 heavy (non-hydrogen) atoms. The minimum absolute atomic E-state index is 0.0694. The topological polar surface area (TPSA) is 113 Å². The first-order valence-electron chi connectivity index (χ1n) is 10.0. The molecule has 3 heterocycles. The second-order valence-electron chi connectivity index (χ2n) is 7.89. The number of fused-ring (bicyclic) bond motifs is 2. The smallest absolute Gasteiger partial charge is 0.417 e. The number of ether oxygens (including phenoxy) is 1. The number of carbonyl (C=O) groups is 1. The molecule has 0 spiro atoms. The van der Waals surface area contributed by atoms with Crippen molar-refractivity contribution in [2.75, 3.05) is 13.1 Å². The zero-order valence-electron chi connectivity index (χ0n) is 16.8. The number of piperidine rings is 1. The largest absolute Gasteiger partial charge is 0.418 e. The van der Waals surface area contributed by atoms with Crippen LogP contribution in [0.5, 0.6) is 0 Å². The number of benzene rings is 1. The van der Waals surface area contributed by atoms with E-state index in [1.54, 1.807) is 4.90 Å². The first-order chi connectivity index (χ1) is 14.8. The van der Waals surface area contributed by atoms with Crippen molar-refractivity contribution in [3.05, 3.63) is 64.4 Å². The van der Waals surface area contributed by atoms with E-state index < -0.39 is 21.9 Å². The van der Waals surface area contributed by atoms with Crippen molar-refractivity contribution < 1.29 is 22.4 Å². The number of rotatable bonds is 3. The Morgan fingerprint density at radius 3 is 2.71 bits per heavy atom. The fraction of sp³-hybridized carbons (Fsp3) is 0.333. The molecule has 9 nitrogen and oxygen atoms in total. The molecule has 5 rings (SSSR count). The quantitative estimate of drug-likeness (QED) is 0.780. The van der Waals surface area contributed by atoms with Gasteiger partial charge in [-0.2, -0.15) is 4.31 Å². The third kappa shape index (κ3) is 3.31. The van der Waals surface area contributed by atoms with Crippen molar-refractivity contribution in [1.82, 2.24) is 14.2 Å². The number of aromatic nitrogens is 1. The lowest BCUT2D eigenvalue weighted by molar-refractivity contribution is 0.0783. The minimum atomic E-state index is -3.76. The van der Waals surface area contributed by atoms with Gasteiger partial charge in [0.25, 0.3) is 0 Å². The van der Waals surface area contributed by atoms with E-state index in [1.165, 1.54) is 28.8 Å². The van der Waals surface area contributed by atoms with E-state index in [-0.39, 0.29) is 35.7 Å². The predicted octanol–water partition coefficient (Wildman–Crippen LogP) is 2.50. The van der Waals surface area contributed by atoms with Crippen LogP contribution >= 0.6 is 0 Å². The van der Waals surface area contributed by atoms with Crippen LogP contribution in [0.4, 0.5) is 4.79 Å². The van der Waals surface area contributed by atoms with Gasteiger partial charge in [-0.3, -0.25) is 9.88 Å². The van der Waals surface area contributed by atoms with E-state index in [9.17, 15) is 18.0 Å². The van der Waals surface area contributed by atoms with Crippen molar-refractivity contribution in [3.63, 3.8) is 0 Å². The average molecular weight is 443 g/mol. The van der Waals surface area contributed by atoms with Gasteiger partial charge >= 0.3 is 11.8 Å². The third-order valence-electron chi connectivity index (χ3n) is 6.03. The summed E-state index contributed by atoms with van der Waals surface area (Å²) in [5.41, 5.74) is 2.60. The lowest BCUT2D eigenvalue weighted by atomic mass is 9.91. The summed E-state index contributed by atoms with van der Waals surface area (Å²) < 4.78 is 37.9. The number of H-pyrrole nitrogens is 1. The number of aromatic amines is 1. The Morgan fingerprint density at radius 2 is 1.94 bits per heavy atom. The van der Waals surface area contributed by atoms with Crippen LogP contribution in [-0.4, -0.2) is 53.9 Å². The number of oxazole rings is 1. The van der Waals surface area contributed by atoms with Gasteiger partial charge in [0.15, 0.2) is 5.58 Å². The van der Waals surface area contributed by atoms with Crippen LogP contribution in [0.2, 0.25) is 0 Å². The number of carbonyl (C=O) groups excluding carboxylic acids is 1. The molecule has 1 atom stereocenters. The molecule has 2 aliphatic heterocycles. The van der Waals surface area contributed by atoms with Gasteiger partial charge in [-0.25, -0.2) is 18.0 Å². The van der Waals surface area contributed by atoms with Crippen molar-refractivity contribution in [2.45, 2.75) is 36.7 Å². The highest BCUT2D eigenvalue weighted by Crippen LogP contribution is 2.33. The Morgan fingerprint density at radius 1 is 1.16 bits per heavy atom. The van der Waals surface area contributed by atoms with E-state index in [4.69, 9.17) is 9.15 Å². The van der Waals surface area contributed by atoms with Gasteiger partial charge in [-0.1, -0.05) is 18.2 Å². The van der Waals surface area contributed by atoms with Crippen LogP contribution in [0, 0.1) is 0 Å². The van der Waals surface area contributed by atoms with Crippen LogP contribution in [-0.2, 0) is 14.8 Å². The Bertz CT molecular complexity index is 1310. The molecule has 1 aromatic carbocycles. The zero-order valence-corrected chi connectivity index (χ0v) is 17.6. The minimum Gasteiger partial charge on any atom is -0.418 e. The molecule has 1 saturated heterocycles. The normalized spacial score (nSPS) is 22.8. The Labute approximate surface area is 178 Å². The third-order valence-corrected chi connectivity index (χ3v) is 7.92. The van der Waals surface area contributed by atoms with E-state index in [1.807, 2.05) is 25.2 Å². The fourth-order valence-corrected chi connectivity index (χ4v) is 5.97. The van der Waals surface area contributed by atoms with Crippen molar-refractivity contribution in [2.24, 2.45) is 0 Å². The molecule has 0 saturated carbocycles. The van der Waals surface area contributed by atoms with E-state index in [0.717, 1.165) is 11.1 Å². The van der Waals surface area contributed by atoms with Crippen LogP contribution in [0.15, 0.2) is 67.9 Å². The number of amides is 1. The molecule has 162 valence electrons. The van der Waals surface area contributed by atoms with Crippen molar-refractivity contribution >= 4 is 27.2 Å². The second-order valence-corrected chi connectivity index (χ2v) is 9.83. The van der Waals surface area contributed by atoms with Gasteiger partial charge in [-0.05, 0) is 37.5 Å². The summed E-state index contributed by atoms with van der Waals surface area (Å²) >= 11 is 0. The summed E-state index contributed by atoms with van der Waals surface area (Å²) in [6, 6.07) is 4.02. The number of sulfonamides is 1. The van der Waals surface area contributed by atoms with Crippen molar-refractivity contribution in [3.8, 4) is 0 Å². The summed E-state index contributed by atoms with van der Waals surface area (Å²) in [5.74, 6) is -0.630. The highest BCUT2D eigenvalue weighted by Gasteiger charge is 2.41. The predicted molar refractivity (Wildman–Crippen MR) is 112 cm³/mol. The molecule has 0 radical (unpaired) electrons. The summed E-state index contributed by atoms with van der Waals surface area (Å²) in [6.07, 6.45) is 7.90. The summed E-state index contributed by atoms with van der Waals surface area (Å²) in [7, 11) is -3.76. The van der Waals surface area contributed by atoms with Crippen molar-refractivity contribution in [1.29, 1.82) is 0 Å². The second kappa shape index (κ2) is 7.24. The molecule has 0 bridgehead atoms. The average Bonchev–Trinajstić information content (AvgIpc) is 3.13. The zero-order chi connectivity index (χ0) is 21.8. The van der Waals surface area contributed by atoms with E-state index in [2.05, 4.69) is 4.98 Å². The Balaban J connectivity index is 1.35. The molecular weight excluding hydrogens is 422 g/mol. The summed E-state index contributed by atoms with van der Waals surface area (Å²) in [6.45, 7) is 2.52. The number of hydrogen-bond donors (Lipinski definition) is 1. The highest BCUT2D eigenvalue weighted by atomic mass is 32.2. The van der Waals surface area contributed by atoms with Crippen LogP contribution in [0.3, 0.4) is 0 Å². The monoisotopic (exact) mass is 443 g/mol. The molecule has 1 unspecified atom stereocenters. The van der Waals surface area contributed by atoms with Crippen LogP contribution < -0.4 is 5.76 Å². The van der Waals surface area contributed by atoms with Gasteiger partial charge in [-0.15, -0.1) is 0 Å². The molecule has 1 amide bonds. The number of cyclic esters (lactones) is 1. The molecule has 2 aromatic rings. The number of allylic oxidation sites excluding steroid dienone is 2. The van der Waals surface area contributed by atoms with Gasteiger partial charge < -0.3 is 9.15 Å². The number of hydrogen-bond acceptors (Lipinski definition) is 6. The lowest BCUT2D eigenvalue weighted by Crippen LogP contribution is -2.54. The van der Waals surface area contributed by atoms with E-state index in [0.29, 0.717) is 18.4 Å². The SMILES string of the molecule is CC1=CC=CC2=COC(=O)N(C3CCN(S(=O)(=O)c4ccc5[nH]c(=O)oc5c4)CC3)C12. The maximum atomic E-state index is 13.1. The first kappa shape index (κ1) is 19.8. The van der Waals surface area contributed by atoms with E-state index >= 15 is 0 Å². The molecular formula is C21H21N3O6S. The maximum absolute atomic E-state index is 13.1. The van der Waals surface area contributed by atoms with Gasteiger partial charge in [0.2, 0.25) is 10.0 Å². The summed E-state index contributed by atoms with van der Waals surface area (Å²) in [5, 5.41) is 0. The first-order valence-corrected chi connectivity index (χ1v) is 11.5. The molecule has 1 aliphatic carbocycles. The maximum Gasteiger partial charge on any atom is 0.417 e. The van der Waals surface area contributed by atoms with Gasteiger partial charge in [0, 0.05) is 30.8 Å². The van der Waals surface area contributed by atoms with Gasteiger partial charge in [0.1, 0.15) is 6.26 Å². The highest BCUT2D eigenvalue weighted by molar-refractivity contribution is 7.89. The lowest BCUT2D eigenvalue weighted by Gasteiger charge is -2.44. The number of nitrogens with one attached hydrogen (secondary N) is 1. The molecule has 1 N–H and O–H groups in total. The van der Waals surface area contributed by atoms with Crippen LogP contribution in [0.1, 0.15) is 19.8 Å². The fourth-order valence-electron chi connectivity index (χ4n) is 4.48. The summed E-state index contributed by atoms with van der Waals surface area (Å²) in [4.78, 5) is 28.2. The molecule has 1 fully saturated rings. The molecule has 10 heteroatoms. The Hall–Kier alpha value is -3.11. The number of nitrogens with zero attached hydrogens (tertiary/aromatic N) is 2. The Kier molecular flexibility index (Phi) is 4.63. The van der Waals surface area contributed by atoms with Gasteiger partial charge in [0.05, 0.1) is 16.5 Å². The molecule has 3 aliphatic rings. The standard InChI is InChI=1S/C21H21N3O6S/c1-13-3-2-4-14-12-29-21(26)24(19(13)14)15-7-9-23(10-8-15)31(27,28)16-5-6-17-18(11-16)30-20(25)22-17/h2-6,11-12,15,19H,7-10H2,1H3,(H,22,25). The molecule has 1 aromatic heterocycles.